The van der Waals surface area contributed by atoms with Gasteiger partial charge in [-0.1, -0.05) is 42.5 Å². The molecule has 0 aliphatic carbocycles. The summed E-state index contributed by atoms with van der Waals surface area (Å²) in [5, 5.41) is 3.98. The van der Waals surface area contributed by atoms with Crippen LogP contribution < -0.4 is 19.6 Å². The summed E-state index contributed by atoms with van der Waals surface area (Å²) in [6.45, 7) is 4.78. The Labute approximate surface area is 182 Å². The third kappa shape index (κ3) is 6.60. The zero-order valence-electron chi connectivity index (χ0n) is 17.7. The average Bonchev–Trinajstić information content (AvgIpc) is 2.80. The van der Waals surface area contributed by atoms with Crippen LogP contribution in [0, 0.1) is 0 Å². The van der Waals surface area contributed by atoms with Gasteiger partial charge >= 0.3 is 0 Å². The molecule has 31 heavy (non-hydrogen) atoms. The van der Waals surface area contributed by atoms with Gasteiger partial charge in [0.15, 0.2) is 18.1 Å². The fourth-order valence-corrected chi connectivity index (χ4v) is 2.88. The predicted octanol–water partition coefficient (Wildman–Crippen LogP) is 4.68. The molecule has 1 amide bonds. The molecule has 0 heterocycles. The molecular weight excluding hydrogens is 392 g/mol. The van der Waals surface area contributed by atoms with Crippen LogP contribution in [0.25, 0.3) is 11.1 Å². The van der Waals surface area contributed by atoms with Crippen LogP contribution in [-0.4, -0.2) is 31.9 Å². The van der Waals surface area contributed by atoms with E-state index in [1.165, 1.54) is 0 Å². The van der Waals surface area contributed by atoms with Gasteiger partial charge in [0.25, 0.3) is 5.91 Å². The number of hydrogen-bond acceptors (Lipinski definition) is 5. The normalized spacial score (nSPS) is 10.6. The predicted molar refractivity (Wildman–Crippen MR) is 122 cm³/mol. The van der Waals surface area contributed by atoms with Crippen LogP contribution in [0.5, 0.6) is 17.2 Å². The molecule has 0 saturated carbocycles. The quantitative estimate of drug-likeness (QED) is 0.383. The van der Waals surface area contributed by atoms with E-state index in [-0.39, 0.29) is 12.5 Å². The first-order chi connectivity index (χ1) is 15.2. The molecule has 3 rings (SSSR count). The van der Waals surface area contributed by atoms with Crippen LogP contribution in [0.3, 0.4) is 0 Å². The summed E-state index contributed by atoms with van der Waals surface area (Å²) in [7, 11) is 0. The Morgan fingerprint density at radius 1 is 0.839 bits per heavy atom. The summed E-state index contributed by atoms with van der Waals surface area (Å²) in [4.78, 5) is 12.0. The maximum Gasteiger partial charge on any atom is 0.277 e. The van der Waals surface area contributed by atoms with Crippen LogP contribution >= 0.6 is 0 Å². The van der Waals surface area contributed by atoms with Crippen molar-refractivity contribution in [3.8, 4) is 28.4 Å². The lowest BCUT2D eigenvalue weighted by atomic mass is 10.1. The molecule has 0 aliphatic rings. The molecule has 0 aromatic heterocycles. The van der Waals surface area contributed by atoms with Crippen molar-refractivity contribution in [2.45, 2.75) is 13.8 Å². The molecule has 0 radical (unpaired) electrons. The second-order valence-corrected chi connectivity index (χ2v) is 6.54. The lowest BCUT2D eigenvalue weighted by molar-refractivity contribution is -0.123. The number of ether oxygens (including phenoxy) is 3. The van der Waals surface area contributed by atoms with Crippen molar-refractivity contribution in [1.29, 1.82) is 0 Å². The first-order valence-corrected chi connectivity index (χ1v) is 10.2. The largest absolute Gasteiger partial charge is 0.490 e. The van der Waals surface area contributed by atoms with Gasteiger partial charge in [0.1, 0.15) is 5.75 Å². The molecule has 0 aliphatic heterocycles. The van der Waals surface area contributed by atoms with Gasteiger partial charge < -0.3 is 14.2 Å². The van der Waals surface area contributed by atoms with E-state index in [2.05, 4.69) is 10.5 Å². The molecule has 0 atom stereocenters. The molecule has 6 nitrogen and oxygen atoms in total. The number of amides is 1. The molecule has 6 heteroatoms. The molecule has 1 N–H and O–H groups in total. The Hall–Kier alpha value is -3.80. The molecule has 0 bridgehead atoms. The number of carbonyl (C=O) groups excluding carboxylic acids is 1. The minimum atomic E-state index is -0.348. The van der Waals surface area contributed by atoms with E-state index in [4.69, 9.17) is 14.2 Å². The van der Waals surface area contributed by atoms with Gasteiger partial charge in [-0.3, -0.25) is 4.79 Å². The molecule has 0 saturated heterocycles. The van der Waals surface area contributed by atoms with Crippen LogP contribution in [0.15, 0.2) is 77.9 Å². The SMILES string of the molecule is CCOc1ccc(/C=N/NC(=O)COc2ccc(-c3ccccc3)cc2)cc1OCC. The number of rotatable bonds is 10. The smallest absolute Gasteiger partial charge is 0.277 e. The molecule has 3 aromatic rings. The van der Waals surface area contributed by atoms with Gasteiger partial charge in [0.2, 0.25) is 0 Å². The minimum absolute atomic E-state index is 0.129. The highest BCUT2D eigenvalue weighted by Gasteiger charge is 2.06. The monoisotopic (exact) mass is 418 g/mol. The van der Waals surface area contributed by atoms with Gasteiger partial charge in [0.05, 0.1) is 19.4 Å². The lowest BCUT2D eigenvalue weighted by Crippen LogP contribution is -2.24. The van der Waals surface area contributed by atoms with Crippen LogP contribution in [0.2, 0.25) is 0 Å². The maximum absolute atomic E-state index is 12.0. The average molecular weight is 418 g/mol. The maximum atomic E-state index is 12.0. The Balaban J connectivity index is 1.50. The molecule has 160 valence electrons. The number of benzene rings is 3. The van der Waals surface area contributed by atoms with Crippen LogP contribution in [0.1, 0.15) is 19.4 Å². The van der Waals surface area contributed by atoms with Gasteiger partial charge in [-0.25, -0.2) is 5.43 Å². The van der Waals surface area contributed by atoms with Gasteiger partial charge in [-0.2, -0.15) is 5.10 Å². The molecular formula is C25H26N2O4. The third-order valence-electron chi connectivity index (χ3n) is 4.30. The minimum Gasteiger partial charge on any atom is -0.490 e. The summed E-state index contributed by atoms with van der Waals surface area (Å²) >= 11 is 0. The van der Waals surface area contributed by atoms with Crippen molar-refractivity contribution in [3.63, 3.8) is 0 Å². The first kappa shape index (κ1) is 21.9. The number of nitrogens with one attached hydrogen (secondary N) is 1. The summed E-state index contributed by atoms with van der Waals surface area (Å²) in [6, 6.07) is 23.1. The van der Waals surface area contributed by atoms with E-state index in [9.17, 15) is 4.79 Å². The van der Waals surface area contributed by atoms with Crippen molar-refractivity contribution in [2.75, 3.05) is 19.8 Å². The van der Waals surface area contributed by atoms with E-state index >= 15 is 0 Å². The summed E-state index contributed by atoms with van der Waals surface area (Å²) in [6.07, 6.45) is 1.55. The standard InChI is InChI=1S/C25H26N2O4/c1-3-29-23-15-10-19(16-24(23)30-4-2)17-26-27-25(28)18-31-22-13-11-21(12-14-22)20-8-6-5-7-9-20/h5-17H,3-4,18H2,1-2H3,(H,27,28)/b26-17+. The fraction of sp³-hybridized carbons (Fsp3) is 0.200. The van der Waals surface area contributed by atoms with E-state index in [0.717, 1.165) is 16.7 Å². The lowest BCUT2D eigenvalue weighted by Gasteiger charge is -2.11. The van der Waals surface area contributed by atoms with Gasteiger partial charge in [-0.15, -0.1) is 0 Å². The Morgan fingerprint density at radius 3 is 2.23 bits per heavy atom. The first-order valence-electron chi connectivity index (χ1n) is 10.2. The highest BCUT2D eigenvalue weighted by Crippen LogP contribution is 2.28. The molecule has 0 unspecified atom stereocenters. The van der Waals surface area contributed by atoms with Crippen molar-refractivity contribution in [1.82, 2.24) is 5.43 Å². The second-order valence-electron chi connectivity index (χ2n) is 6.54. The van der Waals surface area contributed by atoms with Gasteiger partial charge in [-0.05, 0) is 60.9 Å². The second kappa shape index (κ2) is 11.4. The highest BCUT2D eigenvalue weighted by atomic mass is 16.5. The molecule has 3 aromatic carbocycles. The fourth-order valence-electron chi connectivity index (χ4n) is 2.88. The van der Waals surface area contributed by atoms with Crippen molar-refractivity contribution in [2.24, 2.45) is 5.10 Å². The van der Waals surface area contributed by atoms with E-state index < -0.39 is 0 Å². The van der Waals surface area contributed by atoms with E-state index in [1.54, 1.807) is 6.21 Å². The third-order valence-corrected chi connectivity index (χ3v) is 4.30. The molecule has 0 fully saturated rings. The number of hydrogen-bond donors (Lipinski definition) is 1. The van der Waals surface area contributed by atoms with Gasteiger partial charge in [0, 0.05) is 0 Å². The Bertz CT molecular complexity index is 1000. The van der Waals surface area contributed by atoms with Crippen LogP contribution in [0.4, 0.5) is 0 Å². The van der Waals surface area contributed by atoms with Crippen molar-refractivity contribution >= 4 is 12.1 Å². The number of hydrazone groups is 1. The van der Waals surface area contributed by atoms with Crippen molar-refractivity contribution < 1.29 is 19.0 Å². The summed E-state index contributed by atoms with van der Waals surface area (Å²) in [5.41, 5.74) is 5.46. The number of carbonyl (C=O) groups is 1. The summed E-state index contributed by atoms with van der Waals surface area (Å²) < 4.78 is 16.7. The van der Waals surface area contributed by atoms with Crippen molar-refractivity contribution in [3.05, 3.63) is 78.4 Å². The Morgan fingerprint density at radius 2 is 1.52 bits per heavy atom. The zero-order valence-corrected chi connectivity index (χ0v) is 17.7. The van der Waals surface area contributed by atoms with Crippen LogP contribution in [-0.2, 0) is 4.79 Å². The highest BCUT2D eigenvalue weighted by molar-refractivity contribution is 5.83. The van der Waals surface area contributed by atoms with E-state index in [1.807, 2.05) is 86.6 Å². The topological polar surface area (TPSA) is 69.2 Å². The zero-order chi connectivity index (χ0) is 21.9. The number of nitrogens with zero attached hydrogens (tertiary/aromatic N) is 1. The summed E-state index contributed by atoms with van der Waals surface area (Å²) in [5.74, 6) is 1.59. The van der Waals surface area contributed by atoms with E-state index in [0.29, 0.717) is 30.5 Å². The molecule has 0 spiro atoms. The Kier molecular flexibility index (Phi) is 8.05.